The molecule has 14 heavy (non-hydrogen) atoms. The summed E-state index contributed by atoms with van der Waals surface area (Å²) in [6, 6.07) is 3.05. The second kappa shape index (κ2) is 4.83. The van der Waals surface area contributed by atoms with Crippen molar-refractivity contribution in [3.8, 4) is 0 Å². The summed E-state index contributed by atoms with van der Waals surface area (Å²) >= 11 is 17.5. The van der Waals surface area contributed by atoms with Crippen molar-refractivity contribution < 1.29 is 4.79 Å². The quantitative estimate of drug-likeness (QED) is 0.738. The number of rotatable bonds is 3. The smallest absolute Gasteiger partial charge is 0.210 e. The summed E-state index contributed by atoms with van der Waals surface area (Å²) in [4.78, 5) is 10.6. The second-order valence-corrected chi connectivity index (χ2v) is 3.87. The lowest BCUT2D eigenvalue weighted by Crippen LogP contribution is -1.98. The molecular weight excluding hydrogens is 242 g/mol. The Bertz CT molecular complexity index is 343. The normalized spacial score (nSPS) is 12.2. The van der Waals surface area contributed by atoms with E-state index in [1.54, 1.807) is 6.29 Å². The van der Waals surface area contributed by atoms with E-state index in [-0.39, 0.29) is 0 Å². The van der Waals surface area contributed by atoms with E-state index in [2.05, 4.69) is 6.58 Å². The van der Waals surface area contributed by atoms with Crippen molar-refractivity contribution in [2.75, 3.05) is 0 Å². The lowest BCUT2D eigenvalue weighted by Gasteiger charge is -2.09. The Morgan fingerprint density at radius 3 is 2.14 bits per heavy atom. The topological polar surface area (TPSA) is 17.1 Å². The largest absolute Gasteiger partial charge is 0.290 e. The fourth-order valence-corrected chi connectivity index (χ4v) is 2.13. The Kier molecular flexibility index (Phi) is 3.99. The van der Waals surface area contributed by atoms with Crippen LogP contribution in [0.4, 0.5) is 0 Å². The average molecular weight is 249 g/mol. The van der Waals surface area contributed by atoms with Gasteiger partial charge in [-0.25, -0.2) is 0 Å². The monoisotopic (exact) mass is 247 g/mol. The highest BCUT2D eigenvalue weighted by molar-refractivity contribution is 6.39. The van der Waals surface area contributed by atoms with Crippen LogP contribution in [0.25, 0.3) is 0 Å². The van der Waals surface area contributed by atoms with Gasteiger partial charge in [-0.2, -0.15) is 0 Å². The first-order valence-electron chi connectivity index (χ1n) is 3.74. The summed E-state index contributed by atoms with van der Waals surface area (Å²) in [5.41, 5.74) is 0.489. The van der Waals surface area contributed by atoms with Gasteiger partial charge in [-0.1, -0.05) is 40.9 Å². The van der Waals surface area contributed by atoms with Gasteiger partial charge in [0.25, 0.3) is 0 Å². The lowest BCUT2D eigenvalue weighted by molar-refractivity contribution is 0.550. The van der Waals surface area contributed by atoms with Gasteiger partial charge in [0.2, 0.25) is 6.29 Å². The molecule has 1 radical (unpaired) electrons. The molecule has 0 saturated carbocycles. The van der Waals surface area contributed by atoms with E-state index in [0.29, 0.717) is 20.6 Å². The molecule has 0 saturated heterocycles. The van der Waals surface area contributed by atoms with Gasteiger partial charge in [-0.15, -0.1) is 6.58 Å². The summed E-state index contributed by atoms with van der Waals surface area (Å²) in [5.74, 6) is -0.618. The summed E-state index contributed by atoms with van der Waals surface area (Å²) in [6.45, 7) is 3.50. The Morgan fingerprint density at radius 1 is 1.29 bits per heavy atom. The van der Waals surface area contributed by atoms with Gasteiger partial charge in [0, 0.05) is 20.6 Å². The fourth-order valence-electron chi connectivity index (χ4n) is 1.08. The molecule has 0 aliphatic rings. The predicted molar refractivity (Wildman–Crippen MR) is 60.1 cm³/mol. The van der Waals surface area contributed by atoms with Gasteiger partial charge in [0.1, 0.15) is 0 Å². The van der Waals surface area contributed by atoms with Gasteiger partial charge < -0.3 is 0 Å². The van der Waals surface area contributed by atoms with Gasteiger partial charge in [-0.3, -0.25) is 4.79 Å². The summed E-state index contributed by atoms with van der Waals surface area (Å²) < 4.78 is 0. The molecule has 0 N–H and O–H groups in total. The Morgan fingerprint density at radius 2 is 1.79 bits per heavy atom. The predicted octanol–water partition coefficient (Wildman–Crippen LogP) is 4.03. The zero-order valence-corrected chi connectivity index (χ0v) is 9.33. The number of carbonyl (C=O) groups excluding carboxylic acids is 1. The van der Waals surface area contributed by atoms with Crippen molar-refractivity contribution >= 4 is 41.1 Å². The first kappa shape index (κ1) is 11.6. The minimum atomic E-state index is -0.618. The van der Waals surface area contributed by atoms with Crippen molar-refractivity contribution in [3.05, 3.63) is 45.4 Å². The zero-order chi connectivity index (χ0) is 10.7. The molecule has 73 valence electrons. The molecular formula is C10H6Cl3O. The fraction of sp³-hybridized carbons (Fsp3) is 0.100. The first-order valence-corrected chi connectivity index (χ1v) is 4.88. The molecule has 1 atom stereocenters. The maximum Gasteiger partial charge on any atom is 0.210 e. The molecule has 0 aliphatic carbocycles. The molecule has 0 spiro atoms. The average Bonchev–Trinajstić information content (AvgIpc) is 2.10. The highest BCUT2D eigenvalue weighted by Gasteiger charge is 2.16. The summed E-state index contributed by atoms with van der Waals surface area (Å²) in [7, 11) is 0. The maximum atomic E-state index is 10.6. The van der Waals surface area contributed by atoms with Gasteiger partial charge in [0.05, 0.1) is 5.92 Å². The minimum absolute atomic E-state index is 0.343. The van der Waals surface area contributed by atoms with Crippen molar-refractivity contribution in [1.82, 2.24) is 0 Å². The van der Waals surface area contributed by atoms with E-state index in [1.165, 1.54) is 18.2 Å². The van der Waals surface area contributed by atoms with Crippen LogP contribution in [-0.4, -0.2) is 6.29 Å². The number of hydrogen-bond acceptors (Lipinski definition) is 1. The highest BCUT2D eigenvalue weighted by Crippen LogP contribution is 2.34. The van der Waals surface area contributed by atoms with Crippen LogP contribution in [0, 0.1) is 0 Å². The third-order valence-electron chi connectivity index (χ3n) is 1.72. The third kappa shape index (κ3) is 2.30. The number of hydrogen-bond donors (Lipinski definition) is 0. The highest BCUT2D eigenvalue weighted by atomic mass is 35.5. The third-order valence-corrected chi connectivity index (χ3v) is 2.56. The molecule has 1 rings (SSSR count). The van der Waals surface area contributed by atoms with Crippen LogP contribution >= 0.6 is 34.8 Å². The molecule has 0 fully saturated rings. The van der Waals surface area contributed by atoms with Gasteiger partial charge in [0.15, 0.2) is 0 Å². The maximum absolute atomic E-state index is 10.6. The van der Waals surface area contributed by atoms with Crippen LogP contribution in [-0.2, 0) is 4.79 Å². The molecule has 0 heterocycles. The van der Waals surface area contributed by atoms with E-state index in [9.17, 15) is 4.79 Å². The SMILES string of the molecule is C=CC([C]=O)c1c(Cl)cc(Cl)cc1Cl. The van der Waals surface area contributed by atoms with E-state index in [1.807, 2.05) is 0 Å². The Hall–Kier alpha value is -0.500. The van der Waals surface area contributed by atoms with Gasteiger partial charge in [-0.05, 0) is 12.1 Å². The van der Waals surface area contributed by atoms with E-state index in [4.69, 9.17) is 34.8 Å². The molecule has 0 aliphatic heterocycles. The van der Waals surface area contributed by atoms with E-state index < -0.39 is 5.92 Å². The van der Waals surface area contributed by atoms with Crippen molar-refractivity contribution in [1.29, 1.82) is 0 Å². The minimum Gasteiger partial charge on any atom is -0.290 e. The Balaban J connectivity index is 3.32. The van der Waals surface area contributed by atoms with Crippen molar-refractivity contribution in [3.63, 3.8) is 0 Å². The van der Waals surface area contributed by atoms with Crippen LogP contribution < -0.4 is 0 Å². The number of halogens is 3. The molecule has 1 aromatic carbocycles. The lowest BCUT2D eigenvalue weighted by atomic mass is 10.0. The summed E-state index contributed by atoms with van der Waals surface area (Å²) in [5, 5.41) is 1.11. The van der Waals surface area contributed by atoms with Crippen LogP contribution in [0.5, 0.6) is 0 Å². The van der Waals surface area contributed by atoms with Crippen LogP contribution in [0.2, 0.25) is 15.1 Å². The molecule has 0 aromatic heterocycles. The molecule has 0 amide bonds. The van der Waals surface area contributed by atoms with Gasteiger partial charge >= 0.3 is 0 Å². The molecule has 1 aromatic rings. The standard InChI is InChI=1S/C10H6Cl3O/c1-2-6(5-14)10-8(12)3-7(11)4-9(10)13/h2-4,6H,1H2. The zero-order valence-electron chi connectivity index (χ0n) is 7.06. The first-order chi connectivity index (χ1) is 6.60. The van der Waals surface area contributed by atoms with Crippen LogP contribution in [0.15, 0.2) is 24.8 Å². The molecule has 1 unspecified atom stereocenters. The summed E-state index contributed by atoms with van der Waals surface area (Å²) in [6.07, 6.45) is 3.21. The van der Waals surface area contributed by atoms with E-state index in [0.717, 1.165) is 0 Å². The van der Waals surface area contributed by atoms with E-state index >= 15 is 0 Å². The van der Waals surface area contributed by atoms with Crippen LogP contribution in [0.1, 0.15) is 11.5 Å². The second-order valence-electron chi connectivity index (χ2n) is 2.61. The van der Waals surface area contributed by atoms with Crippen molar-refractivity contribution in [2.24, 2.45) is 0 Å². The molecule has 0 bridgehead atoms. The van der Waals surface area contributed by atoms with Crippen LogP contribution in [0.3, 0.4) is 0 Å². The van der Waals surface area contributed by atoms with Crippen molar-refractivity contribution in [2.45, 2.75) is 5.92 Å². The molecule has 1 nitrogen and oxygen atoms in total. The molecule has 4 heteroatoms. The number of allylic oxidation sites excluding steroid dienone is 1. The number of benzene rings is 1. The Labute approximate surface area is 97.3 Å².